The first-order valence-electron chi connectivity index (χ1n) is 11.8. The van der Waals surface area contributed by atoms with E-state index in [0.29, 0.717) is 17.0 Å². The van der Waals surface area contributed by atoms with Crippen molar-refractivity contribution < 1.29 is 18.0 Å². The highest BCUT2D eigenvalue weighted by Gasteiger charge is 2.32. The van der Waals surface area contributed by atoms with Crippen LogP contribution < -0.4 is 10.6 Å². The number of benzene rings is 1. The van der Waals surface area contributed by atoms with Gasteiger partial charge in [0, 0.05) is 17.0 Å². The predicted molar refractivity (Wildman–Crippen MR) is 138 cm³/mol. The summed E-state index contributed by atoms with van der Waals surface area (Å²) in [4.78, 5) is 27.0. The summed E-state index contributed by atoms with van der Waals surface area (Å²) in [5.74, 6) is -0.511. The summed E-state index contributed by atoms with van der Waals surface area (Å²) in [5, 5.41) is 6.35. The molecule has 1 fully saturated rings. The summed E-state index contributed by atoms with van der Waals surface area (Å²) in [6, 6.07) is 7.73. The number of sulfone groups is 1. The van der Waals surface area contributed by atoms with Crippen molar-refractivity contribution in [2.75, 3.05) is 16.8 Å². The molecule has 2 aliphatic rings. The van der Waals surface area contributed by atoms with Crippen molar-refractivity contribution in [2.24, 2.45) is 0 Å². The first-order valence-corrected chi connectivity index (χ1v) is 14.4. The summed E-state index contributed by atoms with van der Waals surface area (Å²) in [6.07, 6.45) is 7.42. The van der Waals surface area contributed by atoms with Gasteiger partial charge in [0.05, 0.1) is 17.1 Å². The lowest BCUT2D eigenvalue weighted by molar-refractivity contribution is -0.111. The second-order valence-electron chi connectivity index (χ2n) is 10.2. The summed E-state index contributed by atoms with van der Waals surface area (Å²) in [5.41, 5.74) is 3.71. The van der Waals surface area contributed by atoms with Crippen molar-refractivity contribution in [1.29, 1.82) is 0 Å². The molecule has 0 bridgehead atoms. The quantitative estimate of drug-likeness (QED) is 0.592. The third kappa shape index (κ3) is 5.78. The molecule has 1 aromatic heterocycles. The van der Waals surface area contributed by atoms with Gasteiger partial charge in [-0.1, -0.05) is 45.0 Å². The number of aryl methyl sites for hydroxylation is 1. The molecule has 2 N–H and O–H groups in total. The zero-order chi connectivity index (χ0) is 24.5. The standard InChI is InChI=1S/C26H32N2O4S2/c1-26(2,3)18-11-8-17(9-12-18)10-13-22(29)28-25-23(20-6-4-5-7-21(20)33-25)24(30)27-19-14-15-34(31,32)16-19/h8-13,19H,4-7,14-16H2,1-3H3,(H,27,30)(H,28,29)/b13-10+/t19-/m1/s1. The van der Waals surface area contributed by atoms with Gasteiger partial charge in [0.2, 0.25) is 5.91 Å². The van der Waals surface area contributed by atoms with Gasteiger partial charge >= 0.3 is 0 Å². The molecule has 4 rings (SSSR count). The molecule has 34 heavy (non-hydrogen) atoms. The molecule has 8 heteroatoms. The van der Waals surface area contributed by atoms with E-state index in [2.05, 4.69) is 43.5 Å². The second-order valence-corrected chi connectivity index (χ2v) is 13.5. The minimum atomic E-state index is -3.09. The predicted octanol–water partition coefficient (Wildman–Crippen LogP) is 4.49. The molecule has 0 saturated carbocycles. The molecule has 1 aliphatic carbocycles. The number of anilines is 1. The van der Waals surface area contributed by atoms with Crippen molar-refractivity contribution in [3.8, 4) is 0 Å². The van der Waals surface area contributed by atoms with Crippen LogP contribution in [0.1, 0.15) is 72.0 Å². The highest BCUT2D eigenvalue weighted by Crippen LogP contribution is 2.38. The maximum atomic E-state index is 13.2. The zero-order valence-corrected chi connectivity index (χ0v) is 21.6. The Morgan fingerprint density at radius 2 is 1.79 bits per heavy atom. The average Bonchev–Trinajstić information content (AvgIpc) is 3.30. The van der Waals surface area contributed by atoms with Crippen molar-refractivity contribution in [3.05, 3.63) is 57.5 Å². The molecular formula is C26H32N2O4S2. The number of fused-ring (bicyclic) bond motifs is 1. The number of hydrogen-bond donors (Lipinski definition) is 2. The maximum absolute atomic E-state index is 13.2. The fraction of sp³-hybridized carbons (Fsp3) is 0.462. The number of amides is 2. The smallest absolute Gasteiger partial charge is 0.254 e. The Bertz CT molecular complexity index is 1220. The molecule has 2 heterocycles. The topological polar surface area (TPSA) is 92.3 Å². The van der Waals surface area contributed by atoms with E-state index in [1.165, 1.54) is 23.0 Å². The highest BCUT2D eigenvalue weighted by molar-refractivity contribution is 7.91. The van der Waals surface area contributed by atoms with Gasteiger partial charge in [-0.25, -0.2) is 8.42 Å². The SMILES string of the molecule is CC(C)(C)c1ccc(/C=C/C(=O)Nc2sc3c(c2C(=O)N[C@@H]2CCS(=O)(=O)C2)CCCC3)cc1. The Balaban J connectivity index is 1.50. The van der Waals surface area contributed by atoms with Crippen LogP contribution in [0.25, 0.3) is 6.08 Å². The van der Waals surface area contributed by atoms with Gasteiger partial charge in [-0.3, -0.25) is 9.59 Å². The van der Waals surface area contributed by atoms with E-state index in [9.17, 15) is 18.0 Å². The lowest BCUT2D eigenvalue weighted by Gasteiger charge is -2.18. The van der Waals surface area contributed by atoms with Crippen LogP contribution in [0.15, 0.2) is 30.3 Å². The minimum absolute atomic E-state index is 0.0243. The Morgan fingerprint density at radius 3 is 2.44 bits per heavy atom. The van der Waals surface area contributed by atoms with Crippen molar-refractivity contribution in [3.63, 3.8) is 0 Å². The van der Waals surface area contributed by atoms with Gasteiger partial charge in [-0.2, -0.15) is 0 Å². The Kier molecular flexibility index (Phi) is 7.01. The first-order chi connectivity index (χ1) is 16.0. The minimum Gasteiger partial charge on any atom is -0.348 e. The Labute approximate surface area is 205 Å². The van der Waals surface area contributed by atoms with Crippen molar-refractivity contribution in [1.82, 2.24) is 5.32 Å². The van der Waals surface area contributed by atoms with Crippen LogP contribution in [0, 0.1) is 0 Å². The molecule has 0 radical (unpaired) electrons. The molecule has 1 atom stereocenters. The fourth-order valence-corrected chi connectivity index (χ4v) is 7.44. The number of hydrogen-bond acceptors (Lipinski definition) is 5. The Hall–Kier alpha value is -2.45. The van der Waals surface area contributed by atoms with E-state index in [1.54, 1.807) is 6.08 Å². The monoisotopic (exact) mass is 500 g/mol. The summed E-state index contributed by atoms with van der Waals surface area (Å²) >= 11 is 1.46. The lowest BCUT2D eigenvalue weighted by atomic mass is 9.87. The fourth-order valence-electron chi connectivity index (χ4n) is 4.48. The third-order valence-corrected chi connectivity index (χ3v) is 9.38. The largest absolute Gasteiger partial charge is 0.348 e. The number of rotatable bonds is 5. The average molecular weight is 501 g/mol. The Morgan fingerprint density at radius 1 is 1.09 bits per heavy atom. The molecule has 182 valence electrons. The van der Waals surface area contributed by atoms with E-state index >= 15 is 0 Å². The number of nitrogens with one attached hydrogen (secondary N) is 2. The van der Waals surface area contributed by atoms with Crippen LogP contribution in [0.3, 0.4) is 0 Å². The lowest BCUT2D eigenvalue weighted by Crippen LogP contribution is -2.36. The molecule has 1 aromatic carbocycles. The molecule has 2 amide bonds. The van der Waals surface area contributed by atoms with Gasteiger partial charge in [0.15, 0.2) is 9.84 Å². The summed E-state index contributed by atoms with van der Waals surface area (Å²) in [6.45, 7) is 6.47. The molecule has 2 aromatic rings. The van der Waals surface area contributed by atoms with Crippen LogP contribution in [-0.4, -0.2) is 37.8 Å². The molecule has 0 unspecified atom stereocenters. The molecule has 1 saturated heterocycles. The number of carbonyl (C=O) groups excluding carboxylic acids is 2. The van der Waals surface area contributed by atoms with Crippen LogP contribution >= 0.6 is 11.3 Å². The molecule has 6 nitrogen and oxygen atoms in total. The van der Waals surface area contributed by atoms with E-state index in [0.717, 1.165) is 41.7 Å². The summed E-state index contributed by atoms with van der Waals surface area (Å²) < 4.78 is 23.6. The van der Waals surface area contributed by atoms with Gasteiger partial charge in [-0.15, -0.1) is 11.3 Å². The van der Waals surface area contributed by atoms with Gasteiger partial charge in [0.25, 0.3) is 5.91 Å². The van der Waals surface area contributed by atoms with Crippen LogP contribution in [0.5, 0.6) is 0 Å². The van der Waals surface area contributed by atoms with E-state index in [1.807, 2.05) is 12.1 Å². The van der Waals surface area contributed by atoms with E-state index in [4.69, 9.17) is 0 Å². The normalized spacial score (nSPS) is 19.7. The summed E-state index contributed by atoms with van der Waals surface area (Å²) in [7, 11) is -3.09. The van der Waals surface area contributed by atoms with Gasteiger partial charge < -0.3 is 10.6 Å². The number of carbonyl (C=O) groups is 2. The molecular weight excluding hydrogens is 468 g/mol. The first kappa shape index (κ1) is 24.7. The zero-order valence-electron chi connectivity index (χ0n) is 19.9. The molecule has 0 spiro atoms. The van der Waals surface area contributed by atoms with E-state index < -0.39 is 9.84 Å². The van der Waals surface area contributed by atoms with Gasteiger partial charge in [-0.05, 0) is 60.3 Å². The second kappa shape index (κ2) is 9.66. The van der Waals surface area contributed by atoms with Crippen LogP contribution in [-0.2, 0) is 32.9 Å². The number of thiophene rings is 1. The highest BCUT2D eigenvalue weighted by atomic mass is 32.2. The van der Waals surface area contributed by atoms with Gasteiger partial charge in [0.1, 0.15) is 5.00 Å². The maximum Gasteiger partial charge on any atom is 0.254 e. The van der Waals surface area contributed by atoms with Crippen molar-refractivity contribution >= 4 is 44.1 Å². The van der Waals surface area contributed by atoms with Crippen molar-refractivity contribution in [2.45, 2.75) is 64.3 Å². The van der Waals surface area contributed by atoms with Crippen LogP contribution in [0.4, 0.5) is 5.00 Å². The van der Waals surface area contributed by atoms with E-state index in [-0.39, 0.29) is 34.8 Å². The van der Waals surface area contributed by atoms with Crippen LogP contribution in [0.2, 0.25) is 0 Å². The molecule has 1 aliphatic heterocycles. The third-order valence-electron chi connectivity index (χ3n) is 6.41.